The van der Waals surface area contributed by atoms with Crippen molar-refractivity contribution in [3.63, 3.8) is 0 Å². The predicted octanol–water partition coefficient (Wildman–Crippen LogP) is 1.71. The molecule has 0 aromatic heterocycles. The highest BCUT2D eigenvalue weighted by molar-refractivity contribution is 5.02. The Hall–Kier alpha value is -0.120. The van der Waals surface area contributed by atoms with E-state index in [2.05, 4.69) is 37.9 Å². The maximum absolute atomic E-state index is 9.76. The van der Waals surface area contributed by atoms with Crippen LogP contribution in [0.25, 0.3) is 0 Å². The van der Waals surface area contributed by atoms with E-state index in [1.807, 2.05) is 7.05 Å². The molecule has 1 aliphatic rings. The fourth-order valence-electron chi connectivity index (χ4n) is 2.60. The van der Waals surface area contributed by atoms with Gasteiger partial charge >= 0.3 is 0 Å². The summed E-state index contributed by atoms with van der Waals surface area (Å²) < 4.78 is 0. The van der Waals surface area contributed by atoms with Crippen molar-refractivity contribution in [2.45, 2.75) is 52.1 Å². The van der Waals surface area contributed by atoms with E-state index in [0.717, 1.165) is 13.1 Å². The first kappa shape index (κ1) is 14.9. The maximum atomic E-state index is 9.76. The lowest BCUT2D eigenvalue weighted by Crippen LogP contribution is -2.58. The average Bonchev–Trinajstić information content (AvgIpc) is 3.08. The SMILES string of the molecule is CNC(CO)(CN(CC(C)C)C(C)C)C1CC1. The fraction of sp³-hybridized carbons (Fsp3) is 1.00. The topological polar surface area (TPSA) is 35.5 Å². The molecule has 0 spiro atoms. The van der Waals surface area contributed by atoms with Gasteiger partial charge in [0, 0.05) is 19.1 Å². The Morgan fingerprint density at radius 1 is 1.29 bits per heavy atom. The number of hydrogen-bond acceptors (Lipinski definition) is 3. The second-order valence-electron chi connectivity index (χ2n) is 6.26. The molecule has 1 aliphatic carbocycles. The van der Waals surface area contributed by atoms with Crippen LogP contribution in [-0.4, -0.2) is 48.3 Å². The molecule has 0 amide bonds. The van der Waals surface area contributed by atoms with Crippen LogP contribution in [0.4, 0.5) is 0 Å². The molecule has 1 saturated carbocycles. The van der Waals surface area contributed by atoms with Crippen molar-refractivity contribution in [3.05, 3.63) is 0 Å². The molecular formula is C14H30N2O. The zero-order valence-corrected chi connectivity index (χ0v) is 12.2. The highest BCUT2D eigenvalue weighted by Gasteiger charge is 2.44. The quantitative estimate of drug-likeness (QED) is 0.680. The first-order chi connectivity index (χ1) is 7.95. The Balaban J connectivity index is 2.67. The van der Waals surface area contributed by atoms with Gasteiger partial charge in [-0.15, -0.1) is 0 Å². The summed E-state index contributed by atoms with van der Waals surface area (Å²) in [6, 6.07) is 0.537. The molecule has 17 heavy (non-hydrogen) atoms. The Kier molecular flexibility index (Phi) is 5.42. The maximum Gasteiger partial charge on any atom is 0.0628 e. The summed E-state index contributed by atoms with van der Waals surface area (Å²) in [6.45, 7) is 11.3. The van der Waals surface area contributed by atoms with E-state index in [9.17, 15) is 5.11 Å². The minimum atomic E-state index is -0.0842. The number of likely N-dealkylation sites (N-methyl/N-ethyl adjacent to an activating group) is 1. The van der Waals surface area contributed by atoms with Crippen molar-refractivity contribution in [2.75, 3.05) is 26.7 Å². The van der Waals surface area contributed by atoms with Crippen LogP contribution in [-0.2, 0) is 0 Å². The van der Waals surface area contributed by atoms with E-state index < -0.39 is 0 Å². The van der Waals surface area contributed by atoms with Gasteiger partial charge < -0.3 is 10.4 Å². The normalized spacial score (nSPS) is 20.3. The van der Waals surface area contributed by atoms with E-state index in [1.54, 1.807) is 0 Å². The second kappa shape index (κ2) is 6.17. The lowest BCUT2D eigenvalue weighted by Gasteiger charge is -2.40. The van der Waals surface area contributed by atoms with Crippen LogP contribution < -0.4 is 5.32 Å². The molecule has 0 aromatic rings. The van der Waals surface area contributed by atoms with Gasteiger partial charge in [-0.05, 0) is 45.6 Å². The Labute approximate surface area is 107 Å². The number of nitrogens with zero attached hydrogens (tertiary/aromatic N) is 1. The van der Waals surface area contributed by atoms with Crippen molar-refractivity contribution in [1.82, 2.24) is 10.2 Å². The van der Waals surface area contributed by atoms with Gasteiger partial charge in [-0.1, -0.05) is 13.8 Å². The van der Waals surface area contributed by atoms with Crippen LogP contribution in [0, 0.1) is 11.8 Å². The van der Waals surface area contributed by atoms with Crippen LogP contribution >= 0.6 is 0 Å². The van der Waals surface area contributed by atoms with Gasteiger partial charge in [0.25, 0.3) is 0 Å². The van der Waals surface area contributed by atoms with Crippen molar-refractivity contribution >= 4 is 0 Å². The summed E-state index contributed by atoms with van der Waals surface area (Å²) in [5, 5.41) is 13.2. The Morgan fingerprint density at radius 2 is 1.88 bits per heavy atom. The first-order valence-corrected chi connectivity index (χ1v) is 6.99. The standard InChI is InChI=1S/C14H30N2O/c1-11(2)8-16(12(3)4)9-14(10-17,15-5)13-6-7-13/h11-13,15,17H,6-10H2,1-5H3. The van der Waals surface area contributed by atoms with E-state index >= 15 is 0 Å². The molecule has 1 fully saturated rings. The van der Waals surface area contributed by atoms with Gasteiger partial charge in [0.05, 0.1) is 12.1 Å². The molecule has 0 heterocycles. The van der Waals surface area contributed by atoms with Crippen molar-refractivity contribution < 1.29 is 5.11 Å². The Bertz CT molecular complexity index is 220. The lowest BCUT2D eigenvalue weighted by atomic mass is 9.92. The van der Waals surface area contributed by atoms with Crippen LogP contribution in [0.1, 0.15) is 40.5 Å². The second-order valence-corrected chi connectivity index (χ2v) is 6.26. The van der Waals surface area contributed by atoms with E-state index in [-0.39, 0.29) is 12.1 Å². The highest BCUT2D eigenvalue weighted by atomic mass is 16.3. The van der Waals surface area contributed by atoms with Gasteiger partial charge in [-0.2, -0.15) is 0 Å². The largest absolute Gasteiger partial charge is 0.394 e. The molecule has 1 atom stereocenters. The van der Waals surface area contributed by atoms with Crippen LogP contribution in [0.15, 0.2) is 0 Å². The molecule has 0 radical (unpaired) electrons. The summed E-state index contributed by atoms with van der Waals surface area (Å²) in [7, 11) is 1.99. The molecule has 0 saturated heterocycles. The van der Waals surface area contributed by atoms with Crippen molar-refractivity contribution in [1.29, 1.82) is 0 Å². The van der Waals surface area contributed by atoms with Crippen LogP contribution in [0.5, 0.6) is 0 Å². The highest BCUT2D eigenvalue weighted by Crippen LogP contribution is 2.40. The molecule has 0 aliphatic heterocycles. The van der Waals surface area contributed by atoms with Crippen molar-refractivity contribution in [3.8, 4) is 0 Å². The molecule has 0 aromatic carbocycles. The number of hydrogen-bond donors (Lipinski definition) is 2. The van der Waals surface area contributed by atoms with Gasteiger partial charge in [-0.25, -0.2) is 0 Å². The molecule has 1 rings (SSSR count). The summed E-state index contributed by atoms with van der Waals surface area (Å²) in [5.41, 5.74) is -0.0842. The molecule has 3 nitrogen and oxygen atoms in total. The Morgan fingerprint density at radius 3 is 2.18 bits per heavy atom. The van der Waals surface area contributed by atoms with E-state index in [4.69, 9.17) is 0 Å². The summed E-state index contributed by atoms with van der Waals surface area (Å²) in [5.74, 6) is 1.33. The molecular weight excluding hydrogens is 212 g/mol. The number of rotatable bonds is 8. The van der Waals surface area contributed by atoms with Gasteiger partial charge in [0.2, 0.25) is 0 Å². The molecule has 102 valence electrons. The summed E-state index contributed by atoms with van der Waals surface area (Å²) >= 11 is 0. The van der Waals surface area contributed by atoms with Crippen LogP contribution in [0.2, 0.25) is 0 Å². The lowest BCUT2D eigenvalue weighted by molar-refractivity contribution is 0.0757. The van der Waals surface area contributed by atoms with Crippen LogP contribution in [0.3, 0.4) is 0 Å². The van der Waals surface area contributed by atoms with Gasteiger partial charge in [-0.3, -0.25) is 4.90 Å². The first-order valence-electron chi connectivity index (χ1n) is 6.99. The fourth-order valence-corrected chi connectivity index (χ4v) is 2.60. The molecule has 1 unspecified atom stereocenters. The molecule has 0 bridgehead atoms. The molecule has 3 heteroatoms. The predicted molar refractivity (Wildman–Crippen MR) is 73.1 cm³/mol. The minimum Gasteiger partial charge on any atom is -0.394 e. The third kappa shape index (κ3) is 3.94. The average molecular weight is 242 g/mol. The minimum absolute atomic E-state index is 0.0842. The van der Waals surface area contributed by atoms with E-state index in [0.29, 0.717) is 17.9 Å². The third-order valence-electron chi connectivity index (χ3n) is 3.95. The summed E-state index contributed by atoms with van der Waals surface area (Å²) in [4.78, 5) is 2.50. The number of aliphatic hydroxyl groups is 1. The number of aliphatic hydroxyl groups excluding tert-OH is 1. The third-order valence-corrected chi connectivity index (χ3v) is 3.95. The monoisotopic (exact) mass is 242 g/mol. The molecule has 2 N–H and O–H groups in total. The van der Waals surface area contributed by atoms with Crippen molar-refractivity contribution in [2.24, 2.45) is 11.8 Å². The van der Waals surface area contributed by atoms with Gasteiger partial charge in [0.1, 0.15) is 0 Å². The zero-order chi connectivity index (χ0) is 13.1. The zero-order valence-electron chi connectivity index (χ0n) is 12.2. The van der Waals surface area contributed by atoms with Gasteiger partial charge in [0.15, 0.2) is 0 Å². The smallest absolute Gasteiger partial charge is 0.0628 e. The number of nitrogens with one attached hydrogen (secondary N) is 1. The van der Waals surface area contributed by atoms with E-state index in [1.165, 1.54) is 12.8 Å². The summed E-state index contributed by atoms with van der Waals surface area (Å²) in [6.07, 6.45) is 2.52.